The van der Waals surface area contributed by atoms with E-state index in [4.69, 9.17) is 0 Å². The summed E-state index contributed by atoms with van der Waals surface area (Å²) in [5.74, 6) is 0.166. The van der Waals surface area contributed by atoms with Gasteiger partial charge < -0.3 is 5.32 Å². The predicted molar refractivity (Wildman–Crippen MR) is 87.5 cm³/mol. The first-order valence-corrected chi connectivity index (χ1v) is 8.85. The van der Waals surface area contributed by atoms with E-state index in [9.17, 15) is 9.00 Å². The highest BCUT2D eigenvalue weighted by Crippen LogP contribution is 2.15. The van der Waals surface area contributed by atoms with Crippen LogP contribution in [0.2, 0.25) is 0 Å². The molecule has 1 aromatic heterocycles. The number of nitrogens with one attached hydrogen (secondary N) is 1. The van der Waals surface area contributed by atoms with Crippen LogP contribution in [-0.4, -0.2) is 27.1 Å². The van der Waals surface area contributed by atoms with Crippen LogP contribution < -0.4 is 5.32 Å². The molecule has 0 aliphatic heterocycles. The molecule has 1 aromatic carbocycles. The number of hydrogen-bond acceptors (Lipinski definition) is 3. The molecule has 0 unspecified atom stereocenters. The van der Waals surface area contributed by atoms with Gasteiger partial charge in [-0.3, -0.25) is 9.00 Å². The van der Waals surface area contributed by atoms with Crippen LogP contribution in [0.25, 0.3) is 0 Å². The molecule has 110 valence electrons. The minimum atomic E-state index is -1.01. The van der Waals surface area contributed by atoms with Gasteiger partial charge in [0.1, 0.15) is 4.60 Å². The summed E-state index contributed by atoms with van der Waals surface area (Å²) in [4.78, 5) is 16.3. The van der Waals surface area contributed by atoms with Crippen molar-refractivity contribution in [2.24, 2.45) is 0 Å². The Morgan fingerprint density at radius 3 is 2.67 bits per heavy atom. The summed E-state index contributed by atoms with van der Waals surface area (Å²) in [6.45, 7) is 0. The van der Waals surface area contributed by atoms with Crippen LogP contribution in [0.15, 0.2) is 53.3 Å². The molecule has 2 atom stereocenters. The molecule has 6 heteroatoms. The zero-order valence-electron chi connectivity index (χ0n) is 11.5. The van der Waals surface area contributed by atoms with Gasteiger partial charge >= 0.3 is 0 Å². The molecule has 21 heavy (non-hydrogen) atoms. The van der Waals surface area contributed by atoms with E-state index in [1.165, 1.54) is 0 Å². The summed E-state index contributed by atoms with van der Waals surface area (Å²) in [5, 5.41) is 2.93. The van der Waals surface area contributed by atoms with Crippen molar-refractivity contribution in [2.45, 2.75) is 6.04 Å². The van der Waals surface area contributed by atoms with Gasteiger partial charge in [-0.25, -0.2) is 4.98 Å². The molecular weight excluding hydrogens is 352 g/mol. The molecule has 0 saturated heterocycles. The summed E-state index contributed by atoms with van der Waals surface area (Å²) in [7, 11) is -1.01. The Bertz CT molecular complexity index is 649. The Morgan fingerprint density at radius 1 is 1.33 bits per heavy atom. The molecule has 1 amide bonds. The lowest BCUT2D eigenvalue weighted by molar-refractivity contribution is 0.0940. The molecule has 0 bridgehead atoms. The molecule has 2 aromatic rings. The van der Waals surface area contributed by atoms with Crippen LogP contribution in [0.5, 0.6) is 0 Å². The third kappa shape index (κ3) is 4.75. The first-order chi connectivity index (χ1) is 10.1. The van der Waals surface area contributed by atoms with Gasteiger partial charge in [0.05, 0.1) is 6.04 Å². The lowest BCUT2D eigenvalue weighted by atomic mass is 10.1. The van der Waals surface area contributed by atoms with Gasteiger partial charge in [-0.1, -0.05) is 30.3 Å². The Hall–Kier alpha value is -1.53. The Kier molecular flexibility index (Phi) is 5.64. The van der Waals surface area contributed by atoms with Crippen molar-refractivity contribution in [3.05, 3.63) is 64.4 Å². The average Bonchev–Trinajstić information content (AvgIpc) is 2.47. The van der Waals surface area contributed by atoms with Crippen LogP contribution in [0.3, 0.4) is 0 Å². The second-order valence-electron chi connectivity index (χ2n) is 4.54. The van der Waals surface area contributed by atoms with E-state index in [1.54, 1.807) is 24.6 Å². The number of pyridine rings is 1. The van der Waals surface area contributed by atoms with Crippen LogP contribution in [-0.2, 0) is 10.8 Å². The molecular formula is C15H15BrN2O2S. The Balaban J connectivity index is 2.19. The second-order valence-corrected chi connectivity index (χ2v) is 6.84. The number of halogens is 1. The smallest absolute Gasteiger partial charge is 0.251 e. The molecule has 0 saturated carbocycles. The van der Waals surface area contributed by atoms with Gasteiger partial charge in [0, 0.05) is 34.6 Å². The summed E-state index contributed by atoms with van der Waals surface area (Å²) in [5.41, 5.74) is 1.45. The third-order valence-electron chi connectivity index (χ3n) is 2.90. The first kappa shape index (κ1) is 15.9. The highest BCUT2D eigenvalue weighted by atomic mass is 79.9. The topological polar surface area (TPSA) is 59.1 Å². The van der Waals surface area contributed by atoms with Crippen molar-refractivity contribution in [3.63, 3.8) is 0 Å². The molecule has 0 aliphatic rings. The summed E-state index contributed by atoms with van der Waals surface area (Å²) in [6.07, 6.45) is 3.19. The number of hydrogen-bond donors (Lipinski definition) is 1. The summed E-state index contributed by atoms with van der Waals surface area (Å²) in [6, 6.07) is 12.6. The second kappa shape index (κ2) is 7.47. The van der Waals surface area contributed by atoms with Gasteiger partial charge in [0.2, 0.25) is 0 Å². The normalized spacial score (nSPS) is 13.4. The van der Waals surface area contributed by atoms with Crippen LogP contribution >= 0.6 is 15.9 Å². The van der Waals surface area contributed by atoms with Crippen molar-refractivity contribution in [1.82, 2.24) is 10.3 Å². The van der Waals surface area contributed by atoms with Crippen molar-refractivity contribution in [1.29, 1.82) is 0 Å². The summed E-state index contributed by atoms with van der Waals surface area (Å²) < 4.78 is 12.1. The Labute approximate surface area is 134 Å². The number of carbonyl (C=O) groups is 1. The minimum absolute atomic E-state index is 0.211. The zero-order valence-corrected chi connectivity index (χ0v) is 13.9. The zero-order chi connectivity index (χ0) is 15.2. The van der Waals surface area contributed by atoms with Gasteiger partial charge in [-0.05, 0) is 33.6 Å². The fraction of sp³-hybridized carbons (Fsp3) is 0.200. The average molecular weight is 367 g/mol. The molecule has 2 rings (SSSR count). The molecule has 1 N–H and O–H groups in total. The highest BCUT2D eigenvalue weighted by molar-refractivity contribution is 9.10. The maximum Gasteiger partial charge on any atom is 0.251 e. The van der Waals surface area contributed by atoms with Crippen molar-refractivity contribution >= 4 is 32.6 Å². The molecule has 0 radical (unpaired) electrons. The number of aromatic nitrogens is 1. The monoisotopic (exact) mass is 366 g/mol. The lowest BCUT2D eigenvalue weighted by Crippen LogP contribution is -2.31. The largest absolute Gasteiger partial charge is 0.344 e. The fourth-order valence-corrected chi connectivity index (χ4v) is 3.04. The number of amides is 1. The molecule has 1 heterocycles. The predicted octanol–water partition coefficient (Wildman–Crippen LogP) is 2.69. The van der Waals surface area contributed by atoms with E-state index < -0.39 is 10.8 Å². The van der Waals surface area contributed by atoms with Crippen molar-refractivity contribution in [2.75, 3.05) is 12.0 Å². The van der Waals surface area contributed by atoms with Crippen LogP contribution in [0, 0.1) is 0 Å². The van der Waals surface area contributed by atoms with Crippen molar-refractivity contribution < 1.29 is 9.00 Å². The molecule has 0 aliphatic carbocycles. The van der Waals surface area contributed by atoms with E-state index in [0.717, 1.165) is 5.56 Å². The first-order valence-electron chi connectivity index (χ1n) is 6.33. The summed E-state index contributed by atoms with van der Waals surface area (Å²) >= 11 is 3.24. The maximum absolute atomic E-state index is 12.3. The van der Waals surface area contributed by atoms with Crippen LogP contribution in [0.4, 0.5) is 0 Å². The van der Waals surface area contributed by atoms with Gasteiger partial charge in [-0.15, -0.1) is 0 Å². The molecule has 0 spiro atoms. The third-order valence-corrected chi connectivity index (χ3v) is 4.13. The minimum Gasteiger partial charge on any atom is -0.344 e. The quantitative estimate of drug-likeness (QED) is 0.827. The number of carbonyl (C=O) groups excluding carboxylic acids is 1. The Morgan fingerprint density at radius 2 is 2.05 bits per heavy atom. The van der Waals surface area contributed by atoms with Crippen molar-refractivity contribution in [3.8, 4) is 0 Å². The number of rotatable bonds is 5. The number of nitrogens with zero attached hydrogens (tertiary/aromatic N) is 1. The maximum atomic E-state index is 12.3. The van der Waals surface area contributed by atoms with E-state index in [0.29, 0.717) is 15.9 Å². The fourth-order valence-electron chi connectivity index (χ4n) is 1.93. The SMILES string of the molecule is C[S@@](=O)C[C@@H](NC(=O)c1ccnc(Br)c1)c1ccccc1. The lowest BCUT2D eigenvalue weighted by Gasteiger charge is -2.18. The van der Waals surface area contributed by atoms with E-state index in [2.05, 4.69) is 26.2 Å². The standard InChI is InChI=1S/C15H15BrN2O2S/c1-21(20)10-13(11-5-3-2-4-6-11)18-15(19)12-7-8-17-14(16)9-12/h2-9,13H,10H2,1H3,(H,18,19)/t13-,21-/m1/s1. The molecule has 0 fully saturated rings. The molecule has 4 nitrogen and oxygen atoms in total. The highest BCUT2D eigenvalue weighted by Gasteiger charge is 2.17. The van der Waals surface area contributed by atoms with E-state index >= 15 is 0 Å². The van der Waals surface area contributed by atoms with Gasteiger partial charge in [0.25, 0.3) is 5.91 Å². The van der Waals surface area contributed by atoms with Gasteiger partial charge in [0.15, 0.2) is 0 Å². The number of benzene rings is 1. The van der Waals surface area contributed by atoms with Gasteiger partial charge in [-0.2, -0.15) is 0 Å². The van der Waals surface area contributed by atoms with E-state index in [-0.39, 0.29) is 11.9 Å². The van der Waals surface area contributed by atoms with E-state index in [1.807, 2.05) is 30.3 Å². The van der Waals surface area contributed by atoms with Crippen LogP contribution in [0.1, 0.15) is 22.0 Å².